The van der Waals surface area contributed by atoms with E-state index < -0.39 is 9.28 Å². The van der Waals surface area contributed by atoms with Crippen molar-refractivity contribution in [2.75, 3.05) is 27.1 Å². The van der Waals surface area contributed by atoms with Gasteiger partial charge in [0.25, 0.3) is 0 Å². The van der Waals surface area contributed by atoms with Crippen molar-refractivity contribution in [3.8, 4) is 0 Å². The minimum absolute atomic E-state index is 0.294. The van der Waals surface area contributed by atoms with Crippen LogP contribution in [-0.4, -0.2) is 48.5 Å². The van der Waals surface area contributed by atoms with Crippen LogP contribution in [0.5, 0.6) is 0 Å². The molecule has 1 saturated heterocycles. The van der Waals surface area contributed by atoms with E-state index in [9.17, 15) is 0 Å². The topological polar surface area (TPSA) is 40.2 Å². The molecule has 4 nitrogen and oxygen atoms in total. The average molecular weight is 220 g/mol. The number of epoxide rings is 1. The van der Waals surface area contributed by atoms with Crippen molar-refractivity contribution in [1.82, 2.24) is 0 Å². The molecule has 14 heavy (non-hydrogen) atoms. The van der Waals surface area contributed by atoms with E-state index in [0.717, 1.165) is 19.4 Å². The second kappa shape index (κ2) is 6.52. The Labute approximate surface area is 87.3 Å². The summed E-state index contributed by atoms with van der Waals surface area (Å²) < 4.78 is 21.2. The van der Waals surface area contributed by atoms with Gasteiger partial charge in [-0.1, -0.05) is 6.92 Å². The van der Waals surface area contributed by atoms with E-state index >= 15 is 0 Å². The fourth-order valence-corrected chi connectivity index (χ4v) is 2.19. The van der Waals surface area contributed by atoms with Crippen LogP contribution in [-0.2, 0) is 18.3 Å². The van der Waals surface area contributed by atoms with Crippen molar-refractivity contribution < 1.29 is 18.3 Å². The number of ether oxygens (including phenoxy) is 2. The summed E-state index contributed by atoms with van der Waals surface area (Å²) in [6, 6.07) is 0. The van der Waals surface area contributed by atoms with Crippen LogP contribution in [0.2, 0.25) is 0 Å². The van der Waals surface area contributed by atoms with Crippen molar-refractivity contribution in [3.05, 3.63) is 0 Å². The predicted molar refractivity (Wildman–Crippen MR) is 55.6 cm³/mol. The van der Waals surface area contributed by atoms with Gasteiger partial charge in [-0.05, 0) is 6.42 Å². The fourth-order valence-electron chi connectivity index (χ4n) is 1.30. The first-order valence-corrected chi connectivity index (χ1v) is 6.84. The summed E-state index contributed by atoms with van der Waals surface area (Å²) in [4.78, 5) is 0. The third-order valence-electron chi connectivity index (χ3n) is 2.38. The second-order valence-electron chi connectivity index (χ2n) is 3.46. The smallest absolute Gasteiger partial charge is 0.347 e. The molecule has 0 radical (unpaired) electrons. The highest BCUT2D eigenvalue weighted by atomic mass is 28.3. The molecule has 0 saturated carbocycles. The number of hydrogen-bond acceptors (Lipinski definition) is 4. The molecule has 0 spiro atoms. The van der Waals surface area contributed by atoms with Crippen LogP contribution in [0.3, 0.4) is 0 Å². The van der Waals surface area contributed by atoms with Gasteiger partial charge in [0.1, 0.15) is 0 Å². The maximum Gasteiger partial charge on any atom is 0.347 e. The summed E-state index contributed by atoms with van der Waals surface area (Å²) in [7, 11) is 1.80. The molecule has 2 unspecified atom stereocenters. The molecule has 1 fully saturated rings. The molecular weight excluding hydrogens is 200 g/mol. The monoisotopic (exact) mass is 220 g/mol. The molecule has 1 aliphatic rings. The molecule has 0 aromatic heterocycles. The Morgan fingerprint density at radius 2 is 2.07 bits per heavy atom. The van der Waals surface area contributed by atoms with Crippen LogP contribution < -0.4 is 0 Å². The minimum atomic E-state index is -1.55. The van der Waals surface area contributed by atoms with Gasteiger partial charge in [0.05, 0.1) is 25.0 Å². The first kappa shape index (κ1) is 12.1. The Bertz CT molecular complexity index is 148. The van der Waals surface area contributed by atoms with Crippen molar-refractivity contribution in [2.24, 2.45) is 0 Å². The lowest BCUT2D eigenvalue weighted by molar-refractivity contribution is 0.0522. The largest absolute Gasteiger partial charge is 0.399 e. The molecule has 1 rings (SSSR count). The molecule has 0 amide bonds. The van der Waals surface area contributed by atoms with Gasteiger partial charge in [-0.15, -0.1) is 0 Å². The molecule has 2 atom stereocenters. The van der Waals surface area contributed by atoms with Crippen LogP contribution in [0.15, 0.2) is 0 Å². The highest BCUT2D eigenvalue weighted by Gasteiger charge is 2.27. The molecular formula is C9H20O4Si. The van der Waals surface area contributed by atoms with Crippen LogP contribution in [0.4, 0.5) is 0 Å². The van der Waals surface area contributed by atoms with Crippen LogP contribution in [0.25, 0.3) is 0 Å². The lowest BCUT2D eigenvalue weighted by Crippen LogP contribution is -2.29. The number of hydrogen-bond donors (Lipinski definition) is 0. The molecule has 1 heterocycles. The highest BCUT2D eigenvalue weighted by molar-refractivity contribution is 6.44. The summed E-state index contributed by atoms with van der Waals surface area (Å²) in [5.41, 5.74) is 0. The summed E-state index contributed by atoms with van der Waals surface area (Å²) >= 11 is 0. The maximum absolute atomic E-state index is 5.72. The molecule has 0 aromatic rings. The summed E-state index contributed by atoms with van der Waals surface area (Å²) in [6.07, 6.45) is 3.38. The minimum Gasteiger partial charge on any atom is -0.399 e. The predicted octanol–water partition coefficient (Wildman–Crippen LogP) is 0.623. The molecule has 0 aliphatic carbocycles. The molecule has 84 valence electrons. The van der Waals surface area contributed by atoms with E-state index in [1.165, 1.54) is 0 Å². The highest BCUT2D eigenvalue weighted by Crippen LogP contribution is 2.19. The summed E-state index contributed by atoms with van der Waals surface area (Å²) in [5.74, 6) is 0. The van der Waals surface area contributed by atoms with Gasteiger partial charge in [-0.3, -0.25) is 0 Å². The lowest BCUT2D eigenvalue weighted by atomic mass is 10.1. The van der Waals surface area contributed by atoms with E-state index in [4.69, 9.17) is 18.3 Å². The van der Waals surface area contributed by atoms with E-state index in [2.05, 4.69) is 6.92 Å². The Balaban J connectivity index is 2.11. The average Bonchev–Trinajstić information content (AvgIpc) is 3.01. The molecule has 0 bridgehead atoms. The van der Waals surface area contributed by atoms with Crippen molar-refractivity contribution in [3.63, 3.8) is 0 Å². The first-order chi connectivity index (χ1) is 6.80. The molecule has 0 N–H and O–H groups in total. The van der Waals surface area contributed by atoms with Crippen LogP contribution in [0, 0.1) is 0 Å². The molecule has 1 aliphatic heterocycles. The van der Waals surface area contributed by atoms with E-state index in [1.807, 2.05) is 0 Å². The van der Waals surface area contributed by atoms with Crippen LogP contribution >= 0.6 is 0 Å². The van der Waals surface area contributed by atoms with Crippen LogP contribution in [0.1, 0.15) is 19.8 Å². The van der Waals surface area contributed by atoms with Gasteiger partial charge in [-0.25, -0.2) is 0 Å². The Hall–Kier alpha value is 0.0569. The quantitative estimate of drug-likeness (QED) is 0.444. The van der Waals surface area contributed by atoms with E-state index in [1.54, 1.807) is 14.2 Å². The fraction of sp³-hybridized carbons (Fsp3) is 1.00. The van der Waals surface area contributed by atoms with E-state index in [0.29, 0.717) is 18.4 Å². The maximum atomic E-state index is 5.72. The standard InChI is InChI=1S/C9H20O4Si/c1-4-8(5-9-6-12-9)13-7-14(10-2)11-3/h8-9,14H,4-7H2,1-3H3. The zero-order valence-electron chi connectivity index (χ0n) is 9.19. The van der Waals surface area contributed by atoms with Gasteiger partial charge >= 0.3 is 9.28 Å². The summed E-state index contributed by atoms with van der Waals surface area (Å²) in [6.45, 7) is 3.03. The van der Waals surface area contributed by atoms with E-state index in [-0.39, 0.29) is 0 Å². The Morgan fingerprint density at radius 3 is 2.50 bits per heavy atom. The third kappa shape index (κ3) is 4.52. The molecule has 0 aromatic carbocycles. The zero-order valence-corrected chi connectivity index (χ0v) is 10.3. The van der Waals surface area contributed by atoms with Crippen molar-refractivity contribution >= 4 is 9.28 Å². The lowest BCUT2D eigenvalue weighted by Gasteiger charge is -2.17. The SMILES string of the molecule is CCC(CC1CO1)OC[SiH](OC)OC. The van der Waals surface area contributed by atoms with Gasteiger partial charge in [-0.2, -0.15) is 0 Å². The number of rotatable bonds is 8. The normalized spacial score (nSPS) is 22.7. The van der Waals surface area contributed by atoms with Crippen molar-refractivity contribution in [1.29, 1.82) is 0 Å². The van der Waals surface area contributed by atoms with Gasteiger partial charge < -0.3 is 18.3 Å². The third-order valence-corrected chi connectivity index (χ3v) is 3.89. The first-order valence-electron chi connectivity index (χ1n) is 5.09. The Morgan fingerprint density at radius 1 is 1.43 bits per heavy atom. The summed E-state index contributed by atoms with van der Waals surface area (Å²) in [5, 5.41) is 0. The zero-order chi connectivity index (χ0) is 10.4. The van der Waals surface area contributed by atoms with Gasteiger partial charge in [0.15, 0.2) is 0 Å². The second-order valence-corrected chi connectivity index (χ2v) is 5.59. The van der Waals surface area contributed by atoms with Gasteiger partial charge in [0.2, 0.25) is 0 Å². The van der Waals surface area contributed by atoms with Gasteiger partial charge in [0, 0.05) is 20.6 Å². The van der Waals surface area contributed by atoms with Crippen molar-refractivity contribution in [2.45, 2.75) is 32.0 Å². The molecule has 5 heteroatoms. The Kier molecular flexibility index (Phi) is 5.65.